The van der Waals surface area contributed by atoms with Crippen LogP contribution in [0.15, 0.2) is 0 Å². The molecule has 0 amide bonds. The zero-order valence-corrected chi connectivity index (χ0v) is 9.13. The van der Waals surface area contributed by atoms with Gasteiger partial charge >= 0.3 is 85.6 Å². The molecule has 0 aliphatic rings. The predicted molar refractivity (Wildman–Crippen MR) is 53.6 cm³/mol. The second kappa shape index (κ2) is 6.97. The van der Waals surface area contributed by atoms with E-state index < -0.39 is 0 Å². The molecule has 0 heterocycles. The molecule has 0 radical (unpaired) electrons. The maximum absolute atomic E-state index is 5.59. The van der Waals surface area contributed by atoms with E-state index in [-0.39, 0.29) is 0 Å². The average molecular weight is 165 g/mol. The quantitative estimate of drug-likeness (QED) is 0.549. The van der Waals surface area contributed by atoms with Gasteiger partial charge in [-0.1, -0.05) is 0 Å². The molecule has 0 aliphatic heterocycles. The summed E-state index contributed by atoms with van der Waals surface area (Å²) in [5.41, 5.74) is 0. The van der Waals surface area contributed by atoms with Crippen LogP contribution in [-0.4, -0.2) is 54.1 Å². The van der Waals surface area contributed by atoms with E-state index in [1.54, 1.807) is 0 Å². The third-order valence-electron chi connectivity index (χ3n) is 2.16. The fourth-order valence-corrected chi connectivity index (χ4v) is 1.08. The third-order valence-corrected chi connectivity index (χ3v) is 2.16. The Bertz CT molecular complexity index is 109. The molecule has 0 aliphatic carbocycles. The molecular formula is C9H20LiNO. The van der Waals surface area contributed by atoms with Crippen molar-refractivity contribution in [1.29, 1.82) is 0 Å². The van der Waals surface area contributed by atoms with Gasteiger partial charge in [-0.3, -0.25) is 0 Å². The fourth-order valence-electron chi connectivity index (χ4n) is 1.08. The first-order valence-electron chi connectivity index (χ1n) is 4.86. The molecule has 2 unspecified atom stereocenters. The number of hydrogen-bond acceptors (Lipinski definition) is 2. The van der Waals surface area contributed by atoms with E-state index >= 15 is 0 Å². The van der Waals surface area contributed by atoms with Gasteiger partial charge in [0.2, 0.25) is 0 Å². The van der Waals surface area contributed by atoms with Gasteiger partial charge in [-0.05, 0) is 0 Å². The molecule has 0 aromatic heterocycles. The zero-order valence-electron chi connectivity index (χ0n) is 9.13. The van der Waals surface area contributed by atoms with Crippen LogP contribution in [-0.2, 0) is 4.74 Å². The Morgan fingerprint density at radius 3 is 2.42 bits per heavy atom. The summed E-state index contributed by atoms with van der Waals surface area (Å²) in [5, 5.41) is 0. The van der Waals surface area contributed by atoms with Crippen LogP contribution in [0.5, 0.6) is 0 Å². The first kappa shape index (κ1) is 12.5. The molecule has 2 nitrogen and oxygen atoms in total. The van der Waals surface area contributed by atoms with Crippen molar-refractivity contribution < 1.29 is 4.74 Å². The normalized spacial score (nSPS) is 16.6. The van der Waals surface area contributed by atoms with Crippen LogP contribution in [0, 0.1) is 0 Å². The Morgan fingerprint density at radius 2 is 2.00 bits per heavy atom. The van der Waals surface area contributed by atoms with E-state index in [0.717, 1.165) is 19.4 Å². The molecule has 0 rings (SSSR count). The number of nitrogens with zero attached hydrogens (tertiary/aromatic N) is 1. The summed E-state index contributed by atoms with van der Waals surface area (Å²) in [5.74, 6) is 0. The Balaban J connectivity index is 3.47. The van der Waals surface area contributed by atoms with Crippen molar-refractivity contribution in [2.45, 2.75) is 37.5 Å². The van der Waals surface area contributed by atoms with Gasteiger partial charge in [0.15, 0.2) is 0 Å². The SMILES string of the molecule is [Li][CH](CC(C)N(C)C)OCCC. The van der Waals surface area contributed by atoms with Crippen LogP contribution in [0.3, 0.4) is 0 Å². The fraction of sp³-hybridized carbons (Fsp3) is 1.00. The standard InChI is InChI=1S/C9H20NO.Li/c1-5-7-11-8-6-9(2)10(3)4;/h8-9H,5-7H2,1-4H3;. The van der Waals surface area contributed by atoms with E-state index in [1.807, 2.05) is 0 Å². The van der Waals surface area contributed by atoms with Crippen LogP contribution >= 0.6 is 0 Å². The maximum atomic E-state index is 5.59. The van der Waals surface area contributed by atoms with Gasteiger partial charge < -0.3 is 0 Å². The summed E-state index contributed by atoms with van der Waals surface area (Å²) >= 11 is 2.15. The Labute approximate surface area is 85.9 Å². The summed E-state index contributed by atoms with van der Waals surface area (Å²) in [6.45, 7) is 5.26. The second-order valence-electron chi connectivity index (χ2n) is 3.73. The topological polar surface area (TPSA) is 12.5 Å². The van der Waals surface area contributed by atoms with Gasteiger partial charge in [0, 0.05) is 0 Å². The van der Waals surface area contributed by atoms with Crippen molar-refractivity contribution in [2.75, 3.05) is 20.7 Å². The van der Waals surface area contributed by atoms with Crippen LogP contribution in [0.25, 0.3) is 0 Å². The summed E-state index contributed by atoms with van der Waals surface area (Å²) < 4.78 is 5.98. The van der Waals surface area contributed by atoms with E-state index in [2.05, 4.69) is 50.6 Å². The summed E-state index contributed by atoms with van der Waals surface area (Å²) in [6, 6.07) is 0.608. The molecule has 0 aromatic carbocycles. The van der Waals surface area contributed by atoms with E-state index in [4.69, 9.17) is 4.74 Å². The Kier molecular flexibility index (Phi) is 7.27. The van der Waals surface area contributed by atoms with Gasteiger partial charge in [-0.2, -0.15) is 0 Å². The molecule has 2 atom stereocenters. The minimum absolute atomic E-state index is 0.391. The van der Waals surface area contributed by atoms with Crippen LogP contribution in [0.1, 0.15) is 26.7 Å². The van der Waals surface area contributed by atoms with Crippen LogP contribution in [0.4, 0.5) is 0 Å². The molecular weight excluding hydrogens is 145 g/mol. The monoisotopic (exact) mass is 165 g/mol. The van der Waals surface area contributed by atoms with E-state index in [0.29, 0.717) is 10.8 Å². The van der Waals surface area contributed by atoms with Crippen molar-refractivity contribution in [3.63, 3.8) is 0 Å². The molecule has 0 fully saturated rings. The van der Waals surface area contributed by atoms with Crippen LogP contribution < -0.4 is 0 Å². The minimum atomic E-state index is 0.391. The van der Waals surface area contributed by atoms with Crippen molar-refractivity contribution in [3.8, 4) is 0 Å². The molecule has 0 saturated carbocycles. The van der Waals surface area contributed by atoms with E-state index in [9.17, 15) is 0 Å². The summed E-state index contributed by atoms with van der Waals surface area (Å²) in [4.78, 5) is 2.23. The summed E-state index contributed by atoms with van der Waals surface area (Å²) in [6.07, 6.45) is 2.23. The molecule has 0 N–H and O–H groups in total. The predicted octanol–water partition coefficient (Wildman–Crippen LogP) is 1.25. The van der Waals surface area contributed by atoms with Crippen molar-refractivity contribution in [2.24, 2.45) is 0 Å². The first-order chi connectivity index (χ1) is 5.57. The van der Waals surface area contributed by atoms with Crippen molar-refractivity contribution in [3.05, 3.63) is 0 Å². The number of ether oxygens (including phenoxy) is 1. The van der Waals surface area contributed by atoms with Gasteiger partial charge in [0.25, 0.3) is 0 Å². The number of rotatable bonds is 6. The van der Waals surface area contributed by atoms with E-state index in [1.165, 1.54) is 0 Å². The average Bonchev–Trinajstić information content (AvgIpc) is 2.00. The van der Waals surface area contributed by atoms with Crippen molar-refractivity contribution >= 4 is 17.7 Å². The number of hydrogen-bond donors (Lipinski definition) is 0. The Hall–Kier alpha value is 0.517. The molecule has 0 saturated heterocycles. The van der Waals surface area contributed by atoms with Gasteiger partial charge in [0.1, 0.15) is 0 Å². The zero-order chi connectivity index (χ0) is 9.56. The van der Waals surface area contributed by atoms with Crippen LogP contribution in [0.2, 0.25) is 0 Å². The molecule has 0 spiro atoms. The van der Waals surface area contributed by atoms with Gasteiger partial charge in [-0.15, -0.1) is 0 Å². The molecule has 0 bridgehead atoms. The third kappa shape index (κ3) is 6.08. The molecule has 68 valence electrons. The summed E-state index contributed by atoms with van der Waals surface area (Å²) in [7, 11) is 4.22. The van der Waals surface area contributed by atoms with Gasteiger partial charge in [-0.25, -0.2) is 0 Å². The molecule has 0 aromatic rings. The first-order valence-corrected chi connectivity index (χ1v) is 4.86. The van der Waals surface area contributed by atoms with Gasteiger partial charge in [0.05, 0.1) is 0 Å². The Morgan fingerprint density at radius 1 is 1.42 bits per heavy atom. The second-order valence-corrected chi connectivity index (χ2v) is 3.73. The van der Waals surface area contributed by atoms with Crippen molar-refractivity contribution in [1.82, 2.24) is 4.90 Å². The molecule has 3 heteroatoms. The molecule has 12 heavy (non-hydrogen) atoms.